The molecule has 1 spiro atoms. The third-order valence-electron chi connectivity index (χ3n) is 4.63. The summed E-state index contributed by atoms with van der Waals surface area (Å²) in [5, 5.41) is 13.4. The molecule has 94 valence electrons. The summed E-state index contributed by atoms with van der Waals surface area (Å²) in [5.41, 5.74) is 0.766. The lowest BCUT2D eigenvalue weighted by atomic mass is 9.89. The number of halogens is 1. The standard InChI is InChI=1S/C12H22N2O.ClH/c1-11(4-5-13-7-11)8-14-6-10(15)12(9-14)2-3-12;/h10,13,15H,2-9H2,1H3;1H. The van der Waals surface area contributed by atoms with Crippen LogP contribution in [0.2, 0.25) is 0 Å². The summed E-state index contributed by atoms with van der Waals surface area (Å²) in [5.74, 6) is 0. The van der Waals surface area contributed by atoms with Gasteiger partial charge in [-0.2, -0.15) is 0 Å². The number of β-amino-alcohol motifs (C(OH)–C–C–N with tert-alkyl or cyclic N) is 1. The van der Waals surface area contributed by atoms with Crippen molar-refractivity contribution in [3.8, 4) is 0 Å². The molecule has 0 radical (unpaired) electrons. The van der Waals surface area contributed by atoms with Crippen molar-refractivity contribution in [1.82, 2.24) is 10.2 Å². The second-order valence-electron chi connectivity index (χ2n) is 6.29. The van der Waals surface area contributed by atoms with Gasteiger partial charge in [-0.15, -0.1) is 12.4 Å². The van der Waals surface area contributed by atoms with E-state index >= 15 is 0 Å². The zero-order valence-corrected chi connectivity index (χ0v) is 10.9. The molecule has 1 saturated carbocycles. The molecule has 0 aromatic rings. The largest absolute Gasteiger partial charge is 0.391 e. The van der Waals surface area contributed by atoms with Crippen LogP contribution < -0.4 is 5.32 Å². The molecule has 2 saturated heterocycles. The average Bonchev–Trinajstić information content (AvgIpc) is 2.72. The topological polar surface area (TPSA) is 35.5 Å². The van der Waals surface area contributed by atoms with Gasteiger partial charge in [-0.1, -0.05) is 6.92 Å². The number of nitrogens with zero attached hydrogens (tertiary/aromatic N) is 1. The van der Waals surface area contributed by atoms with Gasteiger partial charge >= 0.3 is 0 Å². The van der Waals surface area contributed by atoms with Crippen molar-refractivity contribution in [2.24, 2.45) is 10.8 Å². The number of nitrogens with one attached hydrogen (secondary N) is 1. The maximum absolute atomic E-state index is 9.99. The first-order valence-corrected chi connectivity index (χ1v) is 6.23. The average molecular weight is 247 g/mol. The lowest BCUT2D eigenvalue weighted by Crippen LogP contribution is -2.36. The molecule has 0 amide bonds. The number of aliphatic hydroxyl groups excluding tert-OH is 1. The second kappa shape index (κ2) is 4.13. The van der Waals surface area contributed by atoms with E-state index in [4.69, 9.17) is 0 Å². The molecule has 0 aromatic heterocycles. The van der Waals surface area contributed by atoms with E-state index in [1.54, 1.807) is 0 Å². The van der Waals surface area contributed by atoms with E-state index in [1.807, 2.05) is 0 Å². The first-order valence-electron chi connectivity index (χ1n) is 6.23. The molecule has 1 aliphatic carbocycles. The molecule has 3 rings (SSSR count). The van der Waals surface area contributed by atoms with E-state index in [1.165, 1.54) is 25.8 Å². The molecule has 0 bridgehead atoms. The highest BCUT2D eigenvalue weighted by molar-refractivity contribution is 5.85. The SMILES string of the molecule is CC1(CN2CC(O)C3(CC3)C2)CCNC1.Cl. The smallest absolute Gasteiger partial charge is 0.0735 e. The van der Waals surface area contributed by atoms with Crippen LogP contribution in [0.5, 0.6) is 0 Å². The highest BCUT2D eigenvalue weighted by Gasteiger charge is 2.55. The molecule has 2 heterocycles. The van der Waals surface area contributed by atoms with Crippen molar-refractivity contribution in [3.63, 3.8) is 0 Å². The van der Waals surface area contributed by atoms with Crippen LogP contribution in [0.3, 0.4) is 0 Å². The molecule has 3 fully saturated rings. The lowest BCUT2D eigenvalue weighted by molar-refractivity contribution is 0.127. The van der Waals surface area contributed by atoms with E-state index in [2.05, 4.69) is 17.1 Å². The van der Waals surface area contributed by atoms with Gasteiger partial charge in [0, 0.05) is 31.6 Å². The molecule has 16 heavy (non-hydrogen) atoms. The second-order valence-corrected chi connectivity index (χ2v) is 6.29. The molecular weight excluding hydrogens is 224 g/mol. The summed E-state index contributed by atoms with van der Waals surface area (Å²) < 4.78 is 0. The van der Waals surface area contributed by atoms with Gasteiger partial charge in [-0.25, -0.2) is 0 Å². The van der Waals surface area contributed by atoms with Gasteiger partial charge in [0.25, 0.3) is 0 Å². The van der Waals surface area contributed by atoms with Crippen LogP contribution in [0.1, 0.15) is 26.2 Å². The molecule has 3 nitrogen and oxygen atoms in total. The Kier molecular flexibility index (Phi) is 3.26. The summed E-state index contributed by atoms with van der Waals surface area (Å²) in [6.45, 7) is 7.90. The molecule has 2 unspecified atom stereocenters. The minimum absolute atomic E-state index is 0. The highest BCUT2D eigenvalue weighted by atomic mass is 35.5. The van der Waals surface area contributed by atoms with E-state index in [0.717, 1.165) is 26.2 Å². The van der Waals surface area contributed by atoms with Gasteiger partial charge in [0.1, 0.15) is 0 Å². The number of aliphatic hydroxyl groups is 1. The van der Waals surface area contributed by atoms with E-state index in [-0.39, 0.29) is 18.5 Å². The fraction of sp³-hybridized carbons (Fsp3) is 1.00. The van der Waals surface area contributed by atoms with Crippen LogP contribution in [0, 0.1) is 10.8 Å². The summed E-state index contributed by atoms with van der Waals surface area (Å²) in [6.07, 6.45) is 3.74. The predicted octanol–water partition coefficient (Wildman–Crippen LogP) is 0.864. The van der Waals surface area contributed by atoms with Crippen molar-refractivity contribution >= 4 is 12.4 Å². The minimum Gasteiger partial charge on any atom is -0.391 e. The number of likely N-dealkylation sites (tertiary alicyclic amines) is 1. The molecule has 0 aromatic carbocycles. The van der Waals surface area contributed by atoms with Crippen molar-refractivity contribution in [2.75, 3.05) is 32.7 Å². The Labute approximate surface area is 104 Å². The van der Waals surface area contributed by atoms with Crippen LogP contribution in [0.4, 0.5) is 0 Å². The number of hydrogen-bond acceptors (Lipinski definition) is 3. The lowest BCUT2D eigenvalue weighted by Gasteiger charge is -2.28. The quantitative estimate of drug-likeness (QED) is 0.759. The van der Waals surface area contributed by atoms with Crippen molar-refractivity contribution in [1.29, 1.82) is 0 Å². The molecule has 4 heteroatoms. The minimum atomic E-state index is -0.0459. The maximum atomic E-state index is 9.99. The summed E-state index contributed by atoms with van der Waals surface area (Å²) >= 11 is 0. The summed E-state index contributed by atoms with van der Waals surface area (Å²) in [4.78, 5) is 2.49. The van der Waals surface area contributed by atoms with E-state index in [0.29, 0.717) is 10.8 Å². The molecular formula is C12H23ClN2O. The van der Waals surface area contributed by atoms with Crippen molar-refractivity contribution < 1.29 is 5.11 Å². The van der Waals surface area contributed by atoms with Gasteiger partial charge in [-0.05, 0) is 31.2 Å². The van der Waals surface area contributed by atoms with Crippen LogP contribution in [-0.4, -0.2) is 48.8 Å². The fourth-order valence-corrected chi connectivity index (χ4v) is 3.37. The van der Waals surface area contributed by atoms with Crippen LogP contribution in [0.15, 0.2) is 0 Å². The Morgan fingerprint density at radius 3 is 2.62 bits per heavy atom. The summed E-state index contributed by atoms with van der Waals surface area (Å²) in [6, 6.07) is 0. The zero-order chi connectivity index (χ0) is 10.5. The summed E-state index contributed by atoms with van der Waals surface area (Å²) in [7, 11) is 0. The Morgan fingerprint density at radius 2 is 2.12 bits per heavy atom. The molecule has 2 N–H and O–H groups in total. The Hall–Kier alpha value is 0.170. The fourth-order valence-electron chi connectivity index (χ4n) is 3.37. The molecule has 2 aliphatic heterocycles. The van der Waals surface area contributed by atoms with Crippen molar-refractivity contribution in [2.45, 2.75) is 32.3 Å². The molecule has 3 aliphatic rings. The van der Waals surface area contributed by atoms with Crippen LogP contribution >= 0.6 is 12.4 Å². The monoisotopic (exact) mass is 246 g/mol. The number of hydrogen-bond donors (Lipinski definition) is 2. The third-order valence-corrected chi connectivity index (χ3v) is 4.63. The van der Waals surface area contributed by atoms with Crippen molar-refractivity contribution in [3.05, 3.63) is 0 Å². The third kappa shape index (κ3) is 2.10. The number of rotatable bonds is 2. The molecule has 2 atom stereocenters. The van der Waals surface area contributed by atoms with E-state index < -0.39 is 0 Å². The Bertz CT molecular complexity index is 262. The van der Waals surface area contributed by atoms with Gasteiger partial charge in [0.05, 0.1) is 6.10 Å². The van der Waals surface area contributed by atoms with E-state index in [9.17, 15) is 5.11 Å². The zero-order valence-electron chi connectivity index (χ0n) is 10.0. The van der Waals surface area contributed by atoms with Gasteiger partial charge < -0.3 is 10.4 Å². The van der Waals surface area contributed by atoms with Gasteiger partial charge in [0.2, 0.25) is 0 Å². The highest BCUT2D eigenvalue weighted by Crippen LogP contribution is 2.53. The van der Waals surface area contributed by atoms with Crippen LogP contribution in [0.25, 0.3) is 0 Å². The first kappa shape index (κ1) is 12.6. The maximum Gasteiger partial charge on any atom is 0.0735 e. The first-order chi connectivity index (χ1) is 7.12. The normalized spacial score (nSPS) is 41.2. The Balaban J connectivity index is 0.000000963. The van der Waals surface area contributed by atoms with Gasteiger partial charge in [-0.3, -0.25) is 4.90 Å². The predicted molar refractivity (Wildman–Crippen MR) is 67.0 cm³/mol. The van der Waals surface area contributed by atoms with Gasteiger partial charge in [0.15, 0.2) is 0 Å². The van der Waals surface area contributed by atoms with Crippen LogP contribution in [-0.2, 0) is 0 Å². The Morgan fingerprint density at radius 1 is 1.38 bits per heavy atom.